The van der Waals surface area contributed by atoms with Crippen molar-refractivity contribution in [1.29, 1.82) is 0 Å². The Morgan fingerprint density at radius 3 is 2.39 bits per heavy atom. The Hall–Kier alpha value is -1.75. The average molecular weight is 332 g/mol. The minimum atomic E-state index is -0.212. The van der Waals surface area contributed by atoms with Gasteiger partial charge in [-0.2, -0.15) is 0 Å². The molecule has 0 bridgehead atoms. The fraction of sp³-hybridized carbons (Fsp3) is 0.444. The van der Waals surface area contributed by atoms with Gasteiger partial charge in [-0.15, -0.1) is 0 Å². The molecule has 124 valence electrons. The van der Waals surface area contributed by atoms with Gasteiger partial charge in [-0.3, -0.25) is 9.59 Å². The molecule has 0 fully saturated rings. The van der Waals surface area contributed by atoms with Crippen molar-refractivity contribution in [2.24, 2.45) is 11.8 Å². The number of nitrogens with zero attached hydrogens (tertiary/aromatic N) is 1. The number of rotatable bonds is 5. The number of carbonyl (C=O) groups is 2. The smallest absolute Gasteiger partial charge is 0.262 e. The van der Waals surface area contributed by atoms with E-state index < -0.39 is 0 Å². The van der Waals surface area contributed by atoms with Gasteiger partial charge in [-0.1, -0.05) is 51.6 Å². The molecule has 1 aromatic rings. The second kappa shape index (κ2) is 7.68. The Morgan fingerprint density at radius 1 is 1.17 bits per heavy atom. The van der Waals surface area contributed by atoms with Crippen molar-refractivity contribution in [2.45, 2.75) is 32.6 Å². The topological polar surface area (TPSA) is 49.4 Å². The highest BCUT2D eigenvalue weighted by Crippen LogP contribution is 2.37. The van der Waals surface area contributed by atoms with E-state index in [9.17, 15) is 9.59 Å². The Kier molecular flexibility index (Phi) is 5.88. The second-order valence-electron chi connectivity index (χ2n) is 6.59. The number of carbonyl (C=O) groups excluding carboxylic acids is 2. The molecule has 5 heteroatoms. The molecule has 4 nitrogen and oxygen atoms in total. The fourth-order valence-corrected chi connectivity index (χ4v) is 3.36. The summed E-state index contributed by atoms with van der Waals surface area (Å²) in [7, 11) is 0. The van der Waals surface area contributed by atoms with E-state index in [2.05, 4.69) is 33.0 Å². The summed E-state index contributed by atoms with van der Waals surface area (Å²) in [6, 6.07) is 7.61. The molecule has 1 aliphatic rings. The lowest BCUT2D eigenvalue weighted by atomic mass is 10.1. The zero-order valence-corrected chi connectivity index (χ0v) is 14.9. The van der Waals surface area contributed by atoms with E-state index in [0.29, 0.717) is 29.8 Å². The predicted octanol–water partition coefficient (Wildman–Crippen LogP) is 3.76. The minimum absolute atomic E-state index is 0.0931. The largest absolute Gasteiger partial charge is 0.339 e. The summed E-state index contributed by atoms with van der Waals surface area (Å²) in [5.74, 6) is 0.481. The van der Waals surface area contributed by atoms with E-state index in [-0.39, 0.29) is 11.8 Å². The lowest BCUT2D eigenvalue weighted by Crippen LogP contribution is -2.36. The molecule has 0 atom stereocenters. The average Bonchev–Trinajstić information content (AvgIpc) is 2.46. The highest BCUT2D eigenvalue weighted by Gasteiger charge is 2.23. The SMILES string of the molecule is CC(C)CN(CC(C)C)C(=O)/C=C1\Sc2ccccc2NC1=O. The van der Waals surface area contributed by atoms with Crippen LogP contribution in [-0.2, 0) is 9.59 Å². The van der Waals surface area contributed by atoms with Crippen LogP contribution in [0.15, 0.2) is 40.1 Å². The summed E-state index contributed by atoms with van der Waals surface area (Å²) in [5, 5.41) is 2.84. The van der Waals surface area contributed by atoms with Gasteiger partial charge in [0.15, 0.2) is 0 Å². The number of para-hydroxylation sites is 1. The van der Waals surface area contributed by atoms with Crippen molar-refractivity contribution in [3.05, 3.63) is 35.2 Å². The third-order valence-corrected chi connectivity index (χ3v) is 4.42. The zero-order chi connectivity index (χ0) is 17.0. The van der Waals surface area contributed by atoms with E-state index in [0.717, 1.165) is 10.6 Å². The van der Waals surface area contributed by atoms with Crippen LogP contribution in [-0.4, -0.2) is 29.8 Å². The van der Waals surface area contributed by atoms with Crippen LogP contribution >= 0.6 is 11.8 Å². The van der Waals surface area contributed by atoms with Gasteiger partial charge in [-0.05, 0) is 24.0 Å². The maximum atomic E-state index is 12.6. The molecule has 1 aliphatic heterocycles. The van der Waals surface area contributed by atoms with Gasteiger partial charge in [0.2, 0.25) is 5.91 Å². The van der Waals surface area contributed by atoms with Crippen LogP contribution in [0.1, 0.15) is 27.7 Å². The van der Waals surface area contributed by atoms with E-state index >= 15 is 0 Å². The molecule has 0 aliphatic carbocycles. The predicted molar refractivity (Wildman–Crippen MR) is 95.3 cm³/mol. The summed E-state index contributed by atoms with van der Waals surface area (Å²) in [4.78, 5) is 28.0. The van der Waals surface area contributed by atoms with Crippen molar-refractivity contribution in [3.63, 3.8) is 0 Å². The molecule has 0 saturated carbocycles. The zero-order valence-electron chi connectivity index (χ0n) is 14.1. The third-order valence-electron chi connectivity index (χ3n) is 3.32. The highest BCUT2D eigenvalue weighted by molar-refractivity contribution is 8.04. The maximum Gasteiger partial charge on any atom is 0.262 e. The summed E-state index contributed by atoms with van der Waals surface area (Å²) < 4.78 is 0. The van der Waals surface area contributed by atoms with E-state index in [4.69, 9.17) is 0 Å². The molecule has 1 N–H and O–H groups in total. The van der Waals surface area contributed by atoms with Crippen molar-refractivity contribution < 1.29 is 9.59 Å². The fourth-order valence-electron chi connectivity index (χ4n) is 2.44. The second-order valence-corrected chi connectivity index (χ2v) is 7.68. The molecule has 0 radical (unpaired) electrons. The summed E-state index contributed by atoms with van der Waals surface area (Å²) >= 11 is 1.35. The number of benzene rings is 1. The van der Waals surface area contributed by atoms with Crippen molar-refractivity contribution in [3.8, 4) is 0 Å². The molecule has 2 rings (SSSR count). The first-order valence-electron chi connectivity index (χ1n) is 7.95. The van der Waals surface area contributed by atoms with E-state index in [1.807, 2.05) is 29.2 Å². The molecular formula is C18H24N2O2S. The van der Waals surface area contributed by atoms with Crippen molar-refractivity contribution >= 4 is 29.3 Å². The number of nitrogens with one attached hydrogen (secondary N) is 1. The lowest BCUT2D eigenvalue weighted by Gasteiger charge is -2.26. The minimum Gasteiger partial charge on any atom is -0.339 e. The molecule has 0 unspecified atom stereocenters. The maximum absolute atomic E-state index is 12.6. The molecule has 1 aromatic carbocycles. The van der Waals surface area contributed by atoms with Crippen LogP contribution < -0.4 is 5.32 Å². The Balaban J connectivity index is 2.18. The number of fused-ring (bicyclic) bond motifs is 1. The first-order chi connectivity index (χ1) is 10.9. The van der Waals surface area contributed by atoms with E-state index in [1.54, 1.807) is 0 Å². The van der Waals surface area contributed by atoms with Crippen LogP contribution in [0.5, 0.6) is 0 Å². The van der Waals surface area contributed by atoms with Gasteiger partial charge in [0, 0.05) is 24.1 Å². The molecule has 0 saturated heterocycles. The number of hydrogen-bond acceptors (Lipinski definition) is 3. The quantitative estimate of drug-likeness (QED) is 0.835. The molecule has 1 heterocycles. The Morgan fingerprint density at radius 2 is 1.78 bits per heavy atom. The van der Waals surface area contributed by atoms with Gasteiger partial charge < -0.3 is 10.2 Å². The van der Waals surface area contributed by atoms with Crippen molar-refractivity contribution in [2.75, 3.05) is 18.4 Å². The molecular weight excluding hydrogens is 308 g/mol. The van der Waals surface area contributed by atoms with Crippen LogP contribution in [0.2, 0.25) is 0 Å². The highest BCUT2D eigenvalue weighted by atomic mass is 32.2. The van der Waals surface area contributed by atoms with Crippen LogP contribution in [0, 0.1) is 11.8 Å². The number of hydrogen-bond donors (Lipinski definition) is 1. The van der Waals surface area contributed by atoms with Gasteiger partial charge in [0.25, 0.3) is 5.91 Å². The molecule has 23 heavy (non-hydrogen) atoms. The number of amides is 2. The monoisotopic (exact) mass is 332 g/mol. The lowest BCUT2D eigenvalue weighted by molar-refractivity contribution is -0.127. The first-order valence-corrected chi connectivity index (χ1v) is 8.77. The van der Waals surface area contributed by atoms with Crippen LogP contribution in [0.3, 0.4) is 0 Å². The van der Waals surface area contributed by atoms with Gasteiger partial charge in [-0.25, -0.2) is 0 Å². The number of thioether (sulfide) groups is 1. The first kappa shape index (κ1) is 17.6. The molecule has 0 aromatic heterocycles. The van der Waals surface area contributed by atoms with Crippen molar-refractivity contribution in [1.82, 2.24) is 4.90 Å². The molecule has 2 amide bonds. The van der Waals surface area contributed by atoms with E-state index in [1.165, 1.54) is 17.8 Å². The number of anilines is 1. The summed E-state index contributed by atoms with van der Waals surface area (Å²) in [6.45, 7) is 9.75. The van der Waals surface area contributed by atoms with Crippen LogP contribution in [0.25, 0.3) is 0 Å². The standard InChI is InChI=1S/C18H24N2O2S/c1-12(2)10-20(11-13(3)4)17(21)9-16-18(22)19-14-7-5-6-8-15(14)23-16/h5-9,12-13H,10-11H2,1-4H3,(H,19,22)/b16-9-. The Bertz CT molecular complexity index is 613. The van der Waals surface area contributed by atoms with Gasteiger partial charge in [0.1, 0.15) is 0 Å². The van der Waals surface area contributed by atoms with Crippen LogP contribution in [0.4, 0.5) is 5.69 Å². The Labute approximate surface area is 142 Å². The van der Waals surface area contributed by atoms with Gasteiger partial charge in [0.05, 0.1) is 10.6 Å². The normalized spacial score (nSPS) is 15.7. The molecule has 0 spiro atoms. The summed E-state index contributed by atoms with van der Waals surface area (Å²) in [6.07, 6.45) is 1.47. The summed E-state index contributed by atoms with van der Waals surface area (Å²) in [5.41, 5.74) is 0.799. The third kappa shape index (κ3) is 4.86. The van der Waals surface area contributed by atoms with Gasteiger partial charge >= 0.3 is 0 Å².